The summed E-state index contributed by atoms with van der Waals surface area (Å²) in [5, 5.41) is 3.56. The van der Waals surface area contributed by atoms with Gasteiger partial charge in [-0.05, 0) is 36.5 Å². The predicted molar refractivity (Wildman–Crippen MR) is 82.4 cm³/mol. The van der Waals surface area contributed by atoms with Crippen LogP contribution in [0.3, 0.4) is 0 Å². The highest BCUT2D eigenvalue weighted by Crippen LogP contribution is 2.15. The molecule has 4 nitrogen and oxygen atoms in total. The maximum Gasteiger partial charge on any atom is 0.189 e. The molecule has 0 spiro atoms. The average molecular weight is 273 g/mol. The van der Waals surface area contributed by atoms with Gasteiger partial charge in [-0.15, -0.1) is 0 Å². The molecular formula is C14H15N3OS. The van der Waals surface area contributed by atoms with Gasteiger partial charge in [0.15, 0.2) is 5.11 Å². The van der Waals surface area contributed by atoms with Crippen molar-refractivity contribution in [2.45, 2.75) is 0 Å². The van der Waals surface area contributed by atoms with Crippen LogP contribution in [0.1, 0.15) is 0 Å². The van der Waals surface area contributed by atoms with Crippen molar-refractivity contribution in [1.82, 2.24) is 5.43 Å². The van der Waals surface area contributed by atoms with E-state index < -0.39 is 0 Å². The van der Waals surface area contributed by atoms with Crippen LogP contribution in [-0.2, 0) is 0 Å². The van der Waals surface area contributed by atoms with Crippen LogP contribution in [0.2, 0.25) is 0 Å². The second-order valence-electron chi connectivity index (χ2n) is 3.80. The summed E-state index contributed by atoms with van der Waals surface area (Å²) < 4.78 is 5.14. The number of rotatable bonds is 4. The smallest absolute Gasteiger partial charge is 0.189 e. The van der Waals surface area contributed by atoms with Crippen LogP contribution in [0.5, 0.6) is 5.75 Å². The first-order chi connectivity index (χ1) is 9.28. The van der Waals surface area contributed by atoms with Crippen molar-refractivity contribution in [3.8, 4) is 5.75 Å². The van der Waals surface area contributed by atoms with E-state index in [2.05, 4.69) is 16.2 Å². The van der Waals surface area contributed by atoms with Gasteiger partial charge in [0, 0.05) is 11.8 Å². The van der Waals surface area contributed by atoms with E-state index >= 15 is 0 Å². The second-order valence-corrected chi connectivity index (χ2v) is 4.21. The Kier molecular flexibility index (Phi) is 4.58. The van der Waals surface area contributed by atoms with Crippen LogP contribution in [0, 0.1) is 0 Å². The largest absolute Gasteiger partial charge is 0.497 e. The van der Waals surface area contributed by atoms with Crippen molar-refractivity contribution in [2.75, 3.05) is 17.9 Å². The summed E-state index contributed by atoms with van der Waals surface area (Å²) in [6, 6.07) is 17.3. The normalized spacial score (nSPS) is 9.53. The number of para-hydroxylation sites is 1. The molecule has 3 N–H and O–H groups in total. The van der Waals surface area contributed by atoms with Crippen molar-refractivity contribution in [2.24, 2.45) is 0 Å². The third kappa shape index (κ3) is 4.15. The van der Waals surface area contributed by atoms with Crippen LogP contribution >= 0.6 is 12.2 Å². The SMILES string of the molecule is COc1cccc(NNC(=S)Nc2ccccc2)c1. The number of anilines is 2. The molecule has 0 unspecified atom stereocenters. The standard InChI is InChI=1S/C14H15N3OS/c1-18-13-9-5-8-12(10-13)16-17-14(19)15-11-6-3-2-4-7-11/h2-10,16H,1H3,(H2,15,17,19). The van der Waals surface area contributed by atoms with Crippen LogP contribution in [0.4, 0.5) is 11.4 Å². The molecule has 5 heteroatoms. The topological polar surface area (TPSA) is 45.3 Å². The zero-order valence-corrected chi connectivity index (χ0v) is 11.3. The Morgan fingerprint density at radius 2 is 1.74 bits per heavy atom. The minimum Gasteiger partial charge on any atom is -0.497 e. The zero-order chi connectivity index (χ0) is 13.5. The predicted octanol–water partition coefficient (Wildman–Crippen LogP) is 3.01. The van der Waals surface area contributed by atoms with E-state index in [0.29, 0.717) is 5.11 Å². The fraction of sp³-hybridized carbons (Fsp3) is 0.0714. The fourth-order valence-electron chi connectivity index (χ4n) is 1.51. The molecule has 0 radical (unpaired) electrons. The van der Waals surface area contributed by atoms with Crippen LogP contribution in [0.25, 0.3) is 0 Å². The third-order valence-electron chi connectivity index (χ3n) is 2.42. The van der Waals surface area contributed by atoms with Crippen LogP contribution < -0.4 is 20.9 Å². The lowest BCUT2D eigenvalue weighted by atomic mass is 10.3. The second kappa shape index (κ2) is 6.61. The Labute approximate surface area is 117 Å². The third-order valence-corrected chi connectivity index (χ3v) is 2.63. The first kappa shape index (κ1) is 13.2. The summed E-state index contributed by atoms with van der Waals surface area (Å²) >= 11 is 5.18. The molecule has 0 saturated carbocycles. The Morgan fingerprint density at radius 3 is 2.47 bits per heavy atom. The van der Waals surface area contributed by atoms with Gasteiger partial charge in [0.1, 0.15) is 5.75 Å². The van der Waals surface area contributed by atoms with Crippen LogP contribution in [0.15, 0.2) is 54.6 Å². The van der Waals surface area contributed by atoms with Gasteiger partial charge in [-0.2, -0.15) is 0 Å². The minimum absolute atomic E-state index is 0.494. The number of methoxy groups -OCH3 is 1. The molecule has 19 heavy (non-hydrogen) atoms. The summed E-state index contributed by atoms with van der Waals surface area (Å²) in [6.07, 6.45) is 0. The number of ether oxygens (including phenoxy) is 1. The molecule has 2 aromatic carbocycles. The fourth-order valence-corrected chi connectivity index (χ4v) is 1.68. The number of thiocarbonyl (C=S) groups is 1. The number of benzene rings is 2. The number of hydrogen-bond donors (Lipinski definition) is 3. The maximum atomic E-state index is 5.18. The zero-order valence-electron chi connectivity index (χ0n) is 10.5. The summed E-state index contributed by atoms with van der Waals surface area (Å²) in [5.41, 5.74) is 7.73. The Bertz CT molecular complexity index is 545. The first-order valence-corrected chi connectivity index (χ1v) is 6.21. The molecule has 0 aliphatic heterocycles. The highest BCUT2D eigenvalue weighted by atomic mass is 32.1. The molecule has 0 aromatic heterocycles. The lowest BCUT2D eigenvalue weighted by Crippen LogP contribution is -2.33. The number of nitrogens with one attached hydrogen (secondary N) is 3. The van der Waals surface area contributed by atoms with E-state index in [1.807, 2.05) is 54.6 Å². The molecule has 2 aromatic rings. The van der Waals surface area contributed by atoms with Gasteiger partial charge in [-0.25, -0.2) is 0 Å². The monoisotopic (exact) mass is 273 g/mol. The lowest BCUT2D eigenvalue weighted by Gasteiger charge is -2.13. The van der Waals surface area contributed by atoms with Gasteiger partial charge in [-0.1, -0.05) is 24.3 Å². The van der Waals surface area contributed by atoms with Crippen molar-refractivity contribution in [3.05, 3.63) is 54.6 Å². The molecule has 0 amide bonds. The molecule has 0 atom stereocenters. The summed E-state index contributed by atoms with van der Waals surface area (Å²) in [5.74, 6) is 0.786. The van der Waals surface area contributed by atoms with E-state index in [1.54, 1.807) is 7.11 Å². The Hall–Kier alpha value is -2.27. The van der Waals surface area contributed by atoms with Crippen molar-refractivity contribution in [3.63, 3.8) is 0 Å². The highest BCUT2D eigenvalue weighted by molar-refractivity contribution is 7.80. The average Bonchev–Trinajstić information content (AvgIpc) is 2.46. The Morgan fingerprint density at radius 1 is 1.00 bits per heavy atom. The van der Waals surface area contributed by atoms with Gasteiger partial charge >= 0.3 is 0 Å². The van der Waals surface area contributed by atoms with Gasteiger partial charge in [-0.3, -0.25) is 10.9 Å². The van der Waals surface area contributed by atoms with E-state index in [0.717, 1.165) is 17.1 Å². The highest BCUT2D eigenvalue weighted by Gasteiger charge is 1.98. The Balaban J connectivity index is 1.86. The minimum atomic E-state index is 0.494. The quantitative estimate of drug-likeness (QED) is 0.590. The molecule has 2 rings (SSSR count). The number of hydrogen-bond acceptors (Lipinski definition) is 3. The molecule has 0 aliphatic carbocycles. The molecule has 0 fully saturated rings. The van der Waals surface area contributed by atoms with Crippen molar-refractivity contribution < 1.29 is 4.74 Å². The van der Waals surface area contributed by atoms with Crippen LogP contribution in [-0.4, -0.2) is 12.2 Å². The molecule has 0 aliphatic rings. The van der Waals surface area contributed by atoms with Gasteiger partial charge in [0.05, 0.1) is 12.8 Å². The van der Waals surface area contributed by atoms with E-state index in [4.69, 9.17) is 17.0 Å². The summed E-state index contributed by atoms with van der Waals surface area (Å²) in [4.78, 5) is 0. The van der Waals surface area contributed by atoms with Crippen molar-refractivity contribution in [1.29, 1.82) is 0 Å². The van der Waals surface area contributed by atoms with Crippen molar-refractivity contribution >= 4 is 28.7 Å². The lowest BCUT2D eigenvalue weighted by molar-refractivity contribution is 0.415. The summed E-state index contributed by atoms with van der Waals surface area (Å²) in [7, 11) is 1.63. The van der Waals surface area contributed by atoms with Gasteiger partial charge < -0.3 is 10.1 Å². The molecule has 0 heterocycles. The summed E-state index contributed by atoms with van der Waals surface area (Å²) in [6.45, 7) is 0. The van der Waals surface area contributed by atoms with Gasteiger partial charge in [0.25, 0.3) is 0 Å². The maximum absolute atomic E-state index is 5.18. The molecule has 0 saturated heterocycles. The first-order valence-electron chi connectivity index (χ1n) is 5.80. The van der Waals surface area contributed by atoms with E-state index in [9.17, 15) is 0 Å². The molecule has 0 bridgehead atoms. The number of hydrazine groups is 1. The van der Waals surface area contributed by atoms with Gasteiger partial charge in [0.2, 0.25) is 0 Å². The van der Waals surface area contributed by atoms with E-state index in [-0.39, 0.29) is 0 Å². The van der Waals surface area contributed by atoms with E-state index in [1.165, 1.54) is 0 Å². The molecule has 98 valence electrons. The molecular weight excluding hydrogens is 258 g/mol.